The van der Waals surface area contributed by atoms with Crippen molar-refractivity contribution in [2.45, 2.75) is 26.7 Å². The van der Waals surface area contributed by atoms with Gasteiger partial charge in [0.05, 0.1) is 0 Å². The summed E-state index contributed by atoms with van der Waals surface area (Å²) in [5.41, 5.74) is 0.982. The Morgan fingerprint density at radius 3 is 2.70 bits per heavy atom. The van der Waals surface area contributed by atoms with E-state index >= 15 is 0 Å². The molecule has 0 spiro atoms. The van der Waals surface area contributed by atoms with Crippen molar-refractivity contribution in [3.63, 3.8) is 0 Å². The van der Waals surface area contributed by atoms with E-state index in [1.807, 2.05) is 12.1 Å². The SMILES string of the molecule is C/C=C/C(=O)Oc1ccc(-c2nnc(CCC)s2)cc1. The molecule has 1 heterocycles. The number of carbonyl (C=O) groups is 1. The molecule has 0 aliphatic rings. The van der Waals surface area contributed by atoms with Crippen LogP contribution < -0.4 is 4.74 Å². The molecule has 5 heteroatoms. The molecule has 0 saturated heterocycles. The minimum absolute atomic E-state index is 0.374. The van der Waals surface area contributed by atoms with Gasteiger partial charge in [-0.3, -0.25) is 0 Å². The summed E-state index contributed by atoms with van der Waals surface area (Å²) in [4.78, 5) is 11.3. The predicted octanol–water partition coefficient (Wildman–Crippen LogP) is 3.64. The zero-order valence-corrected chi connectivity index (χ0v) is 12.3. The van der Waals surface area contributed by atoms with Gasteiger partial charge in [-0.1, -0.05) is 24.3 Å². The van der Waals surface area contributed by atoms with Crippen LogP contribution >= 0.6 is 11.3 Å². The number of aryl methyl sites for hydroxylation is 1. The van der Waals surface area contributed by atoms with Crippen LogP contribution in [0.15, 0.2) is 36.4 Å². The van der Waals surface area contributed by atoms with E-state index in [0.29, 0.717) is 5.75 Å². The second-order valence-corrected chi connectivity index (χ2v) is 5.26. The number of carbonyl (C=O) groups excluding carboxylic acids is 1. The molecule has 0 saturated carbocycles. The monoisotopic (exact) mass is 288 g/mol. The molecule has 0 radical (unpaired) electrons. The van der Waals surface area contributed by atoms with Gasteiger partial charge in [0, 0.05) is 18.1 Å². The molecule has 20 heavy (non-hydrogen) atoms. The highest BCUT2D eigenvalue weighted by Gasteiger charge is 2.07. The van der Waals surface area contributed by atoms with Gasteiger partial charge in [-0.2, -0.15) is 0 Å². The second kappa shape index (κ2) is 6.96. The van der Waals surface area contributed by atoms with Crippen LogP contribution in [0.1, 0.15) is 25.3 Å². The van der Waals surface area contributed by atoms with Crippen molar-refractivity contribution < 1.29 is 9.53 Å². The van der Waals surface area contributed by atoms with E-state index in [9.17, 15) is 4.79 Å². The number of benzene rings is 1. The summed E-state index contributed by atoms with van der Waals surface area (Å²) in [7, 11) is 0. The van der Waals surface area contributed by atoms with E-state index in [1.54, 1.807) is 36.5 Å². The highest BCUT2D eigenvalue weighted by molar-refractivity contribution is 7.14. The Balaban J connectivity index is 2.08. The van der Waals surface area contributed by atoms with Crippen LogP contribution in [0.4, 0.5) is 0 Å². The van der Waals surface area contributed by atoms with Crippen LogP contribution in [0.2, 0.25) is 0 Å². The third-order valence-corrected chi connectivity index (χ3v) is 3.59. The third-order valence-electron chi connectivity index (χ3n) is 2.55. The number of ether oxygens (including phenoxy) is 1. The van der Waals surface area contributed by atoms with Gasteiger partial charge in [0.25, 0.3) is 0 Å². The largest absolute Gasteiger partial charge is 0.423 e. The van der Waals surface area contributed by atoms with Crippen LogP contribution in [0, 0.1) is 0 Å². The van der Waals surface area contributed by atoms with Crippen molar-refractivity contribution in [2.24, 2.45) is 0 Å². The fraction of sp³-hybridized carbons (Fsp3) is 0.267. The maximum Gasteiger partial charge on any atom is 0.335 e. The molecule has 0 aliphatic heterocycles. The number of aromatic nitrogens is 2. The van der Waals surface area contributed by atoms with E-state index < -0.39 is 0 Å². The smallest absolute Gasteiger partial charge is 0.335 e. The molecule has 0 bridgehead atoms. The Morgan fingerprint density at radius 1 is 1.30 bits per heavy atom. The van der Waals surface area contributed by atoms with Gasteiger partial charge in [-0.05, 0) is 37.6 Å². The number of esters is 1. The molecule has 0 fully saturated rings. The zero-order valence-electron chi connectivity index (χ0n) is 11.5. The van der Waals surface area contributed by atoms with Crippen LogP contribution in [0.25, 0.3) is 10.6 Å². The van der Waals surface area contributed by atoms with Crippen LogP contribution in [-0.2, 0) is 11.2 Å². The molecule has 104 valence electrons. The Bertz CT molecular complexity index is 603. The molecule has 1 aromatic heterocycles. The fourth-order valence-electron chi connectivity index (χ4n) is 1.64. The molecular formula is C15H16N2O2S. The quantitative estimate of drug-likeness (QED) is 0.479. The molecule has 0 aliphatic carbocycles. The second-order valence-electron chi connectivity index (χ2n) is 4.20. The lowest BCUT2D eigenvalue weighted by molar-refractivity contribution is -0.129. The molecule has 0 amide bonds. The van der Waals surface area contributed by atoms with Crippen LogP contribution in [0.5, 0.6) is 5.75 Å². The molecule has 0 atom stereocenters. The van der Waals surface area contributed by atoms with Crippen molar-refractivity contribution >= 4 is 17.3 Å². The minimum atomic E-state index is -0.374. The summed E-state index contributed by atoms with van der Waals surface area (Å²) in [5, 5.41) is 10.3. The van der Waals surface area contributed by atoms with Gasteiger partial charge in [0.15, 0.2) is 0 Å². The summed E-state index contributed by atoms with van der Waals surface area (Å²) >= 11 is 1.60. The average Bonchev–Trinajstić information content (AvgIpc) is 2.89. The van der Waals surface area contributed by atoms with E-state index in [-0.39, 0.29) is 5.97 Å². The number of rotatable bonds is 5. The Hall–Kier alpha value is -2.01. The van der Waals surface area contributed by atoms with Gasteiger partial charge in [-0.15, -0.1) is 10.2 Å². The van der Waals surface area contributed by atoms with Crippen LogP contribution in [0.3, 0.4) is 0 Å². The maximum atomic E-state index is 11.3. The summed E-state index contributed by atoms with van der Waals surface area (Å²) in [6.07, 6.45) is 5.05. The van der Waals surface area contributed by atoms with Crippen molar-refractivity contribution in [1.82, 2.24) is 10.2 Å². The lowest BCUT2D eigenvalue weighted by Crippen LogP contribution is -2.03. The standard InChI is InChI=1S/C15H16N2O2S/c1-3-5-13-16-17-15(20-13)11-7-9-12(10-8-11)19-14(18)6-4-2/h4,6-10H,3,5H2,1-2H3/b6-4+. The van der Waals surface area contributed by atoms with Crippen molar-refractivity contribution in [3.8, 4) is 16.3 Å². The summed E-state index contributed by atoms with van der Waals surface area (Å²) < 4.78 is 5.13. The third kappa shape index (κ3) is 3.74. The van der Waals surface area contributed by atoms with E-state index in [1.165, 1.54) is 6.08 Å². The molecule has 2 rings (SSSR count). The minimum Gasteiger partial charge on any atom is -0.423 e. The Morgan fingerprint density at radius 2 is 2.05 bits per heavy atom. The summed E-state index contributed by atoms with van der Waals surface area (Å²) in [6.45, 7) is 3.89. The lowest BCUT2D eigenvalue weighted by atomic mass is 10.2. The molecule has 4 nitrogen and oxygen atoms in total. The Labute approximate surface area is 122 Å². The fourth-order valence-corrected chi connectivity index (χ4v) is 2.58. The molecule has 1 aromatic carbocycles. The van der Waals surface area contributed by atoms with Crippen LogP contribution in [-0.4, -0.2) is 16.2 Å². The van der Waals surface area contributed by atoms with Gasteiger partial charge >= 0.3 is 5.97 Å². The molecular weight excluding hydrogens is 272 g/mol. The predicted molar refractivity (Wildman–Crippen MR) is 79.8 cm³/mol. The van der Waals surface area contributed by atoms with Gasteiger partial charge < -0.3 is 4.74 Å². The highest BCUT2D eigenvalue weighted by Crippen LogP contribution is 2.26. The molecule has 0 unspecified atom stereocenters. The topological polar surface area (TPSA) is 52.1 Å². The number of hydrogen-bond acceptors (Lipinski definition) is 5. The first-order chi connectivity index (χ1) is 9.72. The van der Waals surface area contributed by atoms with Gasteiger partial charge in [-0.25, -0.2) is 4.79 Å². The van der Waals surface area contributed by atoms with Gasteiger partial charge in [0.2, 0.25) is 0 Å². The summed E-state index contributed by atoms with van der Waals surface area (Å²) in [6, 6.07) is 7.29. The van der Waals surface area contributed by atoms with Crippen molar-refractivity contribution in [1.29, 1.82) is 0 Å². The Kier molecular flexibility index (Phi) is 5.01. The molecule has 2 aromatic rings. The van der Waals surface area contributed by atoms with E-state index in [2.05, 4.69) is 17.1 Å². The maximum absolute atomic E-state index is 11.3. The lowest BCUT2D eigenvalue weighted by Gasteiger charge is -2.01. The first-order valence-electron chi connectivity index (χ1n) is 6.50. The van der Waals surface area contributed by atoms with Crippen molar-refractivity contribution in [3.05, 3.63) is 41.4 Å². The highest BCUT2D eigenvalue weighted by atomic mass is 32.1. The number of nitrogens with zero attached hydrogens (tertiary/aromatic N) is 2. The summed E-state index contributed by atoms with van der Waals surface area (Å²) in [5.74, 6) is 0.150. The first-order valence-corrected chi connectivity index (χ1v) is 7.32. The average molecular weight is 288 g/mol. The van der Waals surface area contributed by atoms with Gasteiger partial charge in [0.1, 0.15) is 15.8 Å². The molecule has 0 N–H and O–H groups in total. The van der Waals surface area contributed by atoms with E-state index in [0.717, 1.165) is 28.4 Å². The normalized spacial score (nSPS) is 10.9. The van der Waals surface area contributed by atoms with Crippen molar-refractivity contribution in [2.75, 3.05) is 0 Å². The first kappa shape index (κ1) is 14.4. The number of hydrogen-bond donors (Lipinski definition) is 0. The zero-order chi connectivity index (χ0) is 14.4. The number of allylic oxidation sites excluding steroid dienone is 1. The van der Waals surface area contributed by atoms with E-state index in [4.69, 9.17) is 4.74 Å².